The van der Waals surface area contributed by atoms with Crippen molar-refractivity contribution in [3.8, 4) is 0 Å². The van der Waals surface area contributed by atoms with Gasteiger partial charge in [-0.25, -0.2) is 4.79 Å². The lowest BCUT2D eigenvalue weighted by Crippen LogP contribution is -2.25. The first-order chi connectivity index (χ1) is 13.6. The maximum absolute atomic E-state index is 11.9. The number of rotatable bonds is 9. The average molecular weight is 401 g/mol. The van der Waals surface area contributed by atoms with Gasteiger partial charge in [-0.1, -0.05) is 71.0 Å². The largest absolute Gasteiger partial charge is 0.462 e. The molecule has 4 heteroatoms. The summed E-state index contributed by atoms with van der Waals surface area (Å²) in [7, 11) is 0. The van der Waals surface area contributed by atoms with E-state index in [1.165, 1.54) is 6.42 Å². The highest BCUT2D eigenvalue weighted by atomic mass is 17.2. The molecule has 2 rings (SSSR count). The summed E-state index contributed by atoms with van der Waals surface area (Å²) in [6.07, 6.45) is 8.01. The van der Waals surface area contributed by atoms with E-state index in [2.05, 4.69) is 46.8 Å². The Morgan fingerprint density at radius 2 is 1.83 bits per heavy atom. The van der Waals surface area contributed by atoms with Crippen LogP contribution in [0.3, 0.4) is 0 Å². The summed E-state index contributed by atoms with van der Waals surface area (Å²) in [4.78, 5) is 21.9. The summed E-state index contributed by atoms with van der Waals surface area (Å²) in [6.45, 7) is 13.2. The van der Waals surface area contributed by atoms with E-state index in [0.29, 0.717) is 23.2 Å². The van der Waals surface area contributed by atoms with Crippen molar-refractivity contribution in [3.63, 3.8) is 0 Å². The van der Waals surface area contributed by atoms with Crippen molar-refractivity contribution < 1.29 is 19.3 Å². The lowest BCUT2D eigenvalue weighted by Gasteiger charge is -2.34. The van der Waals surface area contributed by atoms with Crippen LogP contribution in [0.1, 0.15) is 59.9 Å². The van der Waals surface area contributed by atoms with Gasteiger partial charge in [-0.05, 0) is 53.7 Å². The number of ether oxygens (including phenoxy) is 1. The first kappa shape index (κ1) is 23.2. The number of benzene rings is 1. The second kappa shape index (κ2) is 10.6. The fraction of sp³-hybridized carbons (Fsp3) is 0.560. The van der Waals surface area contributed by atoms with Gasteiger partial charge in [0, 0.05) is 6.92 Å². The molecule has 1 aromatic carbocycles. The van der Waals surface area contributed by atoms with E-state index in [4.69, 9.17) is 14.5 Å². The topological polar surface area (TPSA) is 44.8 Å². The fourth-order valence-electron chi connectivity index (χ4n) is 3.74. The zero-order chi connectivity index (χ0) is 21.4. The molecule has 0 spiro atoms. The van der Waals surface area contributed by atoms with Crippen molar-refractivity contribution in [1.82, 2.24) is 0 Å². The van der Waals surface area contributed by atoms with Gasteiger partial charge in [0.25, 0.3) is 0 Å². The molecular formula is C25H36O4. The maximum Gasteiger partial charge on any atom is 0.346 e. The zero-order valence-electron chi connectivity index (χ0n) is 18.7. The third-order valence-corrected chi connectivity index (χ3v) is 5.12. The second-order valence-corrected chi connectivity index (χ2v) is 9.44. The van der Waals surface area contributed by atoms with Crippen LogP contribution in [-0.4, -0.2) is 12.3 Å². The predicted molar refractivity (Wildman–Crippen MR) is 116 cm³/mol. The summed E-state index contributed by atoms with van der Waals surface area (Å²) in [5.74, 6) is 2.09. The lowest BCUT2D eigenvalue weighted by atomic mass is 9.71. The van der Waals surface area contributed by atoms with Gasteiger partial charge in [0.1, 0.15) is 5.76 Å². The standard InChI is InChI=1S/C25H36O4/c1-18(2)23(17-25(4,5)6)21-12-14-22(15-13-21)27-19(3)28-29-24(26)16-20-10-8-7-9-11-20/h7-12,14-15,18-19,21,23H,13,16-17H2,1-6H3. The normalized spacial score (nSPS) is 18.9. The van der Waals surface area contributed by atoms with Crippen LogP contribution >= 0.6 is 0 Å². The van der Waals surface area contributed by atoms with Crippen molar-refractivity contribution in [3.05, 3.63) is 59.9 Å². The number of hydrogen-bond acceptors (Lipinski definition) is 4. The molecule has 0 bridgehead atoms. The molecule has 0 N–H and O–H groups in total. The molecule has 29 heavy (non-hydrogen) atoms. The molecule has 0 aliphatic heterocycles. The van der Waals surface area contributed by atoms with Gasteiger partial charge in [-0.15, -0.1) is 4.89 Å². The van der Waals surface area contributed by atoms with Crippen LogP contribution in [0.15, 0.2) is 54.3 Å². The maximum atomic E-state index is 11.9. The first-order valence-corrected chi connectivity index (χ1v) is 10.6. The van der Waals surface area contributed by atoms with Crippen molar-refractivity contribution in [2.24, 2.45) is 23.2 Å². The number of hydrogen-bond donors (Lipinski definition) is 0. The van der Waals surface area contributed by atoms with Crippen molar-refractivity contribution in [1.29, 1.82) is 0 Å². The van der Waals surface area contributed by atoms with Gasteiger partial charge in [-0.3, -0.25) is 4.89 Å². The predicted octanol–water partition coefficient (Wildman–Crippen LogP) is 6.23. The lowest BCUT2D eigenvalue weighted by molar-refractivity contribution is -0.339. The second-order valence-electron chi connectivity index (χ2n) is 9.44. The van der Waals surface area contributed by atoms with Crippen molar-refractivity contribution in [2.45, 2.75) is 67.1 Å². The molecule has 3 unspecified atom stereocenters. The average Bonchev–Trinajstić information content (AvgIpc) is 2.65. The van der Waals surface area contributed by atoms with E-state index in [1.807, 2.05) is 36.4 Å². The van der Waals surface area contributed by atoms with Crippen LogP contribution in [0.5, 0.6) is 0 Å². The van der Waals surface area contributed by atoms with Crippen LogP contribution in [0.25, 0.3) is 0 Å². The van der Waals surface area contributed by atoms with Gasteiger partial charge in [-0.2, -0.15) is 0 Å². The molecule has 0 radical (unpaired) electrons. The molecule has 1 aromatic rings. The SMILES string of the molecule is CC(OOC(=O)Cc1ccccc1)OC1=CCC(C(CC(C)(C)C)C(C)C)C=C1. The number of allylic oxidation sites excluding steroid dienone is 3. The van der Waals surface area contributed by atoms with E-state index in [-0.39, 0.29) is 6.42 Å². The molecule has 0 saturated heterocycles. The molecule has 0 amide bonds. The van der Waals surface area contributed by atoms with Gasteiger partial charge >= 0.3 is 5.97 Å². The van der Waals surface area contributed by atoms with Gasteiger partial charge in [0.15, 0.2) is 0 Å². The molecular weight excluding hydrogens is 364 g/mol. The molecule has 1 aliphatic carbocycles. The highest BCUT2D eigenvalue weighted by Crippen LogP contribution is 2.37. The first-order valence-electron chi connectivity index (χ1n) is 10.6. The summed E-state index contributed by atoms with van der Waals surface area (Å²) in [5.41, 5.74) is 1.20. The monoisotopic (exact) mass is 400 g/mol. The van der Waals surface area contributed by atoms with E-state index < -0.39 is 12.3 Å². The summed E-state index contributed by atoms with van der Waals surface area (Å²) >= 11 is 0. The molecule has 0 saturated carbocycles. The minimum atomic E-state index is -0.669. The highest BCUT2D eigenvalue weighted by Gasteiger charge is 2.28. The smallest absolute Gasteiger partial charge is 0.346 e. The Morgan fingerprint density at radius 1 is 1.14 bits per heavy atom. The zero-order valence-corrected chi connectivity index (χ0v) is 18.7. The van der Waals surface area contributed by atoms with Crippen LogP contribution in [-0.2, 0) is 25.7 Å². The molecule has 0 heterocycles. The van der Waals surface area contributed by atoms with E-state index in [9.17, 15) is 4.79 Å². The fourth-order valence-corrected chi connectivity index (χ4v) is 3.74. The molecule has 0 fully saturated rings. The van der Waals surface area contributed by atoms with Gasteiger partial charge in [0.2, 0.25) is 6.29 Å². The molecule has 160 valence electrons. The Labute approximate surface area is 175 Å². The minimum Gasteiger partial charge on any atom is -0.462 e. The molecule has 1 aliphatic rings. The van der Waals surface area contributed by atoms with Crippen molar-refractivity contribution >= 4 is 5.97 Å². The van der Waals surface area contributed by atoms with Crippen LogP contribution in [0, 0.1) is 23.2 Å². The number of carbonyl (C=O) groups excluding carboxylic acids is 1. The highest BCUT2D eigenvalue weighted by molar-refractivity contribution is 5.71. The van der Waals surface area contributed by atoms with Crippen LogP contribution < -0.4 is 0 Å². The van der Waals surface area contributed by atoms with E-state index in [1.54, 1.807) is 6.92 Å². The Hall–Kier alpha value is -2.07. The summed E-state index contributed by atoms with van der Waals surface area (Å²) in [5, 5.41) is 0. The van der Waals surface area contributed by atoms with Crippen molar-refractivity contribution in [2.75, 3.05) is 0 Å². The minimum absolute atomic E-state index is 0.169. The van der Waals surface area contributed by atoms with Gasteiger partial charge in [0.05, 0.1) is 6.42 Å². The third kappa shape index (κ3) is 8.45. The quantitative estimate of drug-likeness (QED) is 0.280. The molecule has 3 atom stereocenters. The Kier molecular flexibility index (Phi) is 8.51. The van der Waals surface area contributed by atoms with Gasteiger partial charge < -0.3 is 4.74 Å². The third-order valence-electron chi connectivity index (χ3n) is 5.12. The molecule has 4 nitrogen and oxygen atoms in total. The van der Waals surface area contributed by atoms with Crippen LogP contribution in [0.4, 0.5) is 0 Å². The van der Waals surface area contributed by atoms with E-state index in [0.717, 1.165) is 17.7 Å². The Morgan fingerprint density at radius 3 is 2.38 bits per heavy atom. The number of carbonyl (C=O) groups is 1. The summed E-state index contributed by atoms with van der Waals surface area (Å²) in [6, 6.07) is 9.42. The van der Waals surface area contributed by atoms with Crippen LogP contribution in [0.2, 0.25) is 0 Å². The molecule has 0 aromatic heterocycles. The Balaban J connectivity index is 1.78. The van der Waals surface area contributed by atoms with E-state index >= 15 is 0 Å². The Bertz CT molecular complexity index is 697. The summed E-state index contributed by atoms with van der Waals surface area (Å²) < 4.78 is 5.76.